The van der Waals surface area contributed by atoms with Crippen molar-refractivity contribution >= 4 is 23.5 Å². The number of hydrogen-bond acceptors (Lipinski definition) is 6. The summed E-state index contributed by atoms with van der Waals surface area (Å²) in [5.41, 5.74) is 2.79. The van der Waals surface area contributed by atoms with Crippen LogP contribution >= 0.6 is 11.6 Å². The lowest BCUT2D eigenvalue weighted by Crippen LogP contribution is -2.38. The van der Waals surface area contributed by atoms with Crippen LogP contribution in [0.25, 0.3) is 11.3 Å². The van der Waals surface area contributed by atoms with E-state index in [0.717, 1.165) is 50.0 Å². The number of carbonyl (C=O) groups excluding carboxylic acids is 1. The number of fused-ring (bicyclic) bond motifs is 1. The number of aromatic nitrogens is 2. The monoisotopic (exact) mass is 443 g/mol. The quantitative estimate of drug-likeness (QED) is 0.565. The zero-order valence-corrected chi connectivity index (χ0v) is 19.1. The van der Waals surface area contributed by atoms with E-state index in [1.807, 2.05) is 32.0 Å². The van der Waals surface area contributed by atoms with Crippen LogP contribution in [-0.4, -0.2) is 48.2 Å². The minimum atomic E-state index is -0.418. The molecule has 4 rings (SSSR count). The van der Waals surface area contributed by atoms with Gasteiger partial charge in [-0.15, -0.1) is 0 Å². The Morgan fingerprint density at radius 2 is 1.97 bits per heavy atom. The normalized spacial score (nSPS) is 22.1. The number of methoxy groups -OCH3 is 1. The number of benzene rings is 1. The Bertz CT molecular complexity index is 957. The molecule has 0 spiro atoms. The first-order chi connectivity index (χ1) is 14.9. The summed E-state index contributed by atoms with van der Waals surface area (Å²) in [6, 6.07) is 6.63. The van der Waals surface area contributed by atoms with Gasteiger partial charge in [0.15, 0.2) is 0 Å². The van der Waals surface area contributed by atoms with Crippen molar-refractivity contribution in [2.75, 3.05) is 25.6 Å². The Balaban J connectivity index is 1.46. The summed E-state index contributed by atoms with van der Waals surface area (Å²) in [6.45, 7) is 5.62. The van der Waals surface area contributed by atoms with Crippen molar-refractivity contribution in [2.45, 2.75) is 57.2 Å². The molecule has 1 fully saturated rings. The fourth-order valence-electron chi connectivity index (χ4n) is 4.45. The lowest BCUT2D eigenvalue weighted by molar-refractivity contribution is 0.0940. The van der Waals surface area contributed by atoms with Crippen LogP contribution in [0.3, 0.4) is 0 Å². The molecule has 166 valence electrons. The van der Waals surface area contributed by atoms with E-state index >= 15 is 0 Å². The third-order valence-electron chi connectivity index (χ3n) is 6.18. The van der Waals surface area contributed by atoms with E-state index in [-0.39, 0.29) is 5.91 Å². The molecule has 0 unspecified atom stereocenters. The third-order valence-corrected chi connectivity index (χ3v) is 6.46. The van der Waals surface area contributed by atoms with Crippen molar-refractivity contribution in [3.8, 4) is 11.3 Å². The Morgan fingerprint density at radius 1 is 1.23 bits per heavy atom. The first-order valence-electron chi connectivity index (χ1n) is 10.9. The van der Waals surface area contributed by atoms with Gasteiger partial charge in [0.2, 0.25) is 5.95 Å². The highest BCUT2D eigenvalue weighted by Crippen LogP contribution is 2.35. The molecule has 1 aromatic heterocycles. The molecule has 1 amide bonds. The van der Waals surface area contributed by atoms with Gasteiger partial charge >= 0.3 is 0 Å². The zero-order valence-electron chi connectivity index (χ0n) is 18.3. The SMILES string of the molecule is COCCN[C@H]1CC[C@H](Nc2ncc(Cl)c(-c3ccc4c(c3)C(C)(C)NC4=O)n2)CC1. The van der Waals surface area contributed by atoms with Gasteiger partial charge in [-0.3, -0.25) is 4.79 Å². The van der Waals surface area contributed by atoms with Crippen molar-refractivity contribution in [3.63, 3.8) is 0 Å². The Kier molecular flexibility index (Phi) is 6.46. The Morgan fingerprint density at radius 3 is 2.71 bits per heavy atom. The van der Waals surface area contributed by atoms with Crippen molar-refractivity contribution in [1.29, 1.82) is 0 Å². The van der Waals surface area contributed by atoms with Crippen LogP contribution in [-0.2, 0) is 10.3 Å². The summed E-state index contributed by atoms with van der Waals surface area (Å²) in [6.07, 6.45) is 6.00. The van der Waals surface area contributed by atoms with Crippen molar-refractivity contribution < 1.29 is 9.53 Å². The highest BCUT2D eigenvalue weighted by molar-refractivity contribution is 6.32. The summed E-state index contributed by atoms with van der Waals surface area (Å²) in [5, 5.41) is 10.5. The average Bonchev–Trinajstić information content (AvgIpc) is 2.99. The van der Waals surface area contributed by atoms with E-state index in [1.165, 1.54) is 0 Å². The zero-order chi connectivity index (χ0) is 22.0. The number of anilines is 1. The standard InChI is InChI=1S/C23H30ClN5O2/c1-23(2)18-12-14(4-9-17(18)21(30)29-23)20-19(24)13-26-22(28-20)27-16-7-5-15(6-8-16)25-10-11-31-3/h4,9,12-13,15-16,25H,5-8,10-11H2,1-3H3,(H,29,30)(H,26,27,28)/t15-,16-. The molecule has 2 heterocycles. The van der Waals surface area contributed by atoms with Gasteiger partial charge in [0.25, 0.3) is 5.91 Å². The molecule has 31 heavy (non-hydrogen) atoms. The van der Waals surface area contributed by atoms with Gasteiger partial charge < -0.3 is 20.7 Å². The molecule has 0 atom stereocenters. The predicted molar refractivity (Wildman–Crippen MR) is 123 cm³/mol. The summed E-state index contributed by atoms with van der Waals surface area (Å²) in [5.74, 6) is 0.541. The van der Waals surface area contributed by atoms with Gasteiger partial charge in [0.1, 0.15) is 0 Å². The molecule has 3 N–H and O–H groups in total. The second-order valence-corrected chi connectivity index (χ2v) is 9.28. The first kappa shape index (κ1) is 22.0. The van der Waals surface area contributed by atoms with Crippen LogP contribution in [0, 0.1) is 0 Å². The van der Waals surface area contributed by atoms with E-state index in [1.54, 1.807) is 13.3 Å². The van der Waals surface area contributed by atoms with Crippen molar-refractivity contribution in [3.05, 3.63) is 40.5 Å². The maximum Gasteiger partial charge on any atom is 0.252 e. The molecule has 2 aromatic rings. The van der Waals surface area contributed by atoms with Crippen LogP contribution in [0.5, 0.6) is 0 Å². The maximum absolute atomic E-state index is 12.2. The maximum atomic E-state index is 12.2. The second-order valence-electron chi connectivity index (χ2n) is 8.87. The Hall–Kier alpha value is -2.22. The smallest absolute Gasteiger partial charge is 0.252 e. The summed E-state index contributed by atoms with van der Waals surface area (Å²) < 4.78 is 5.11. The molecule has 2 aliphatic rings. The van der Waals surface area contributed by atoms with Crippen LogP contribution in [0.1, 0.15) is 55.5 Å². The highest BCUT2D eigenvalue weighted by atomic mass is 35.5. The fraction of sp³-hybridized carbons (Fsp3) is 0.522. The number of carbonyl (C=O) groups is 1. The van der Waals surface area contributed by atoms with Crippen LogP contribution < -0.4 is 16.0 Å². The van der Waals surface area contributed by atoms with Gasteiger partial charge in [0, 0.05) is 36.9 Å². The molecule has 8 heteroatoms. The second kappa shape index (κ2) is 9.10. The number of ether oxygens (including phenoxy) is 1. The molecule has 7 nitrogen and oxygen atoms in total. The van der Waals surface area contributed by atoms with Gasteiger partial charge in [-0.05, 0) is 57.2 Å². The number of nitrogens with zero attached hydrogens (tertiary/aromatic N) is 2. The number of halogens is 1. The topological polar surface area (TPSA) is 88.2 Å². The minimum Gasteiger partial charge on any atom is -0.383 e. The van der Waals surface area contributed by atoms with E-state index in [4.69, 9.17) is 21.3 Å². The fourth-order valence-corrected chi connectivity index (χ4v) is 4.65. The van der Waals surface area contributed by atoms with E-state index < -0.39 is 5.54 Å². The molecule has 1 aliphatic carbocycles. The van der Waals surface area contributed by atoms with E-state index in [0.29, 0.717) is 34.3 Å². The molecule has 1 saturated carbocycles. The predicted octanol–water partition coefficient (Wildman–Crippen LogP) is 3.73. The summed E-state index contributed by atoms with van der Waals surface area (Å²) in [4.78, 5) is 21.3. The molecule has 1 aromatic carbocycles. The summed E-state index contributed by atoms with van der Waals surface area (Å²) in [7, 11) is 1.73. The number of amides is 1. The van der Waals surface area contributed by atoms with Gasteiger partial charge in [0.05, 0.1) is 29.1 Å². The first-order valence-corrected chi connectivity index (χ1v) is 11.2. The van der Waals surface area contributed by atoms with Crippen LogP contribution in [0.15, 0.2) is 24.4 Å². The Labute approximate surface area is 188 Å². The molecule has 0 bridgehead atoms. The summed E-state index contributed by atoms with van der Waals surface area (Å²) >= 11 is 6.45. The van der Waals surface area contributed by atoms with Gasteiger partial charge in [-0.1, -0.05) is 17.7 Å². The lowest BCUT2D eigenvalue weighted by atomic mass is 9.91. The largest absolute Gasteiger partial charge is 0.383 e. The molecule has 0 saturated heterocycles. The number of nitrogens with one attached hydrogen (secondary N) is 3. The third kappa shape index (κ3) is 4.84. The van der Waals surface area contributed by atoms with Gasteiger partial charge in [-0.25, -0.2) is 9.97 Å². The molecule has 1 aliphatic heterocycles. The van der Waals surface area contributed by atoms with Gasteiger partial charge in [-0.2, -0.15) is 0 Å². The van der Waals surface area contributed by atoms with Crippen molar-refractivity contribution in [1.82, 2.24) is 20.6 Å². The number of hydrogen-bond donors (Lipinski definition) is 3. The molecular weight excluding hydrogens is 414 g/mol. The van der Waals surface area contributed by atoms with Crippen molar-refractivity contribution in [2.24, 2.45) is 0 Å². The molecule has 0 radical (unpaired) electrons. The van der Waals surface area contributed by atoms with E-state index in [2.05, 4.69) is 20.9 Å². The minimum absolute atomic E-state index is 0.0463. The van der Waals surface area contributed by atoms with Crippen LogP contribution in [0.4, 0.5) is 5.95 Å². The average molecular weight is 444 g/mol. The number of rotatable bonds is 7. The van der Waals surface area contributed by atoms with E-state index in [9.17, 15) is 4.79 Å². The lowest BCUT2D eigenvalue weighted by Gasteiger charge is -2.29. The highest BCUT2D eigenvalue weighted by Gasteiger charge is 2.35. The molecular formula is C23H30ClN5O2. The van der Waals surface area contributed by atoms with Crippen LogP contribution in [0.2, 0.25) is 5.02 Å².